The zero-order chi connectivity index (χ0) is 13.5. The average molecular weight is 248 g/mol. The smallest absolute Gasteiger partial charge is 0.326 e. The van der Waals surface area contributed by atoms with Crippen molar-refractivity contribution in [2.45, 2.75) is 19.4 Å². The van der Waals surface area contributed by atoms with E-state index in [2.05, 4.69) is 11.4 Å². The number of nitrogens with one attached hydrogen (secondary N) is 1. The maximum Gasteiger partial charge on any atom is 0.326 e. The van der Waals surface area contributed by atoms with Crippen LogP contribution < -0.4 is 5.32 Å². The predicted molar refractivity (Wildman–Crippen MR) is 67.4 cm³/mol. The van der Waals surface area contributed by atoms with Crippen LogP contribution in [0.4, 0.5) is 5.69 Å². The third kappa shape index (κ3) is 3.75. The molecule has 1 atom stereocenters. The van der Waals surface area contributed by atoms with Gasteiger partial charge in [-0.15, -0.1) is 0 Å². The number of hydrogen-bond acceptors (Lipinski definition) is 4. The van der Waals surface area contributed by atoms with E-state index >= 15 is 0 Å². The van der Waals surface area contributed by atoms with Crippen LogP contribution in [0.2, 0.25) is 0 Å². The molecular weight excluding hydrogens is 232 g/mol. The fraction of sp³-hybridized carbons (Fsp3) is 0.385. The molecule has 2 N–H and O–H groups in total. The lowest BCUT2D eigenvalue weighted by Crippen LogP contribution is -2.30. The average Bonchev–Trinajstić information content (AvgIpc) is 2.34. The van der Waals surface area contributed by atoms with Crippen LogP contribution in [0.3, 0.4) is 0 Å². The lowest BCUT2D eigenvalue weighted by atomic mass is 10.1. The van der Waals surface area contributed by atoms with Crippen LogP contribution in [0.15, 0.2) is 18.2 Å². The summed E-state index contributed by atoms with van der Waals surface area (Å²) < 4.78 is 4.87. The number of nitrogens with zero attached hydrogens (tertiary/aromatic N) is 1. The van der Waals surface area contributed by atoms with Crippen molar-refractivity contribution in [3.05, 3.63) is 29.3 Å². The van der Waals surface area contributed by atoms with Crippen LogP contribution >= 0.6 is 0 Å². The van der Waals surface area contributed by atoms with E-state index in [0.717, 1.165) is 5.56 Å². The molecule has 0 heterocycles. The standard InChI is InChI=1S/C13H16N2O3/c1-9-7-11(4-3-10(9)8-14)15-12(13(16)17)5-6-18-2/h3-4,7,12,15H,5-6H2,1-2H3,(H,16,17). The van der Waals surface area contributed by atoms with Gasteiger partial charge in [0.2, 0.25) is 0 Å². The summed E-state index contributed by atoms with van der Waals surface area (Å²) in [5.41, 5.74) is 2.10. The highest BCUT2D eigenvalue weighted by molar-refractivity contribution is 5.77. The highest BCUT2D eigenvalue weighted by atomic mass is 16.5. The zero-order valence-corrected chi connectivity index (χ0v) is 10.4. The first kappa shape index (κ1) is 14.0. The molecule has 0 radical (unpaired) electrons. The number of carboxylic acids is 1. The lowest BCUT2D eigenvalue weighted by molar-refractivity contribution is -0.138. The maximum absolute atomic E-state index is 11.0. The van der Waals surface area contributed by atoms with Gasteiger partial charge < -0.3 is 15.2 Å². The van der Waals surface area contributed by atoms with Gasteiger partial charge in [0.05, 0.1) is 11.6 Å². The molecule has 0 spiro atoms. The number of nitriles is 1. The molecule has 18 heavy (non-hydrogen) atoms. The van der Waals surface area contributed by atoms with Crippen LogP contribution in [0.5, 0.6) is 0 Å². The van der Waals surface area contributed by atoms with E-state index in [1.54, 1.807) is 18.2 Å². The highest BCUT2D eigenvalue weighted by Gasteiger charge is 2.16. The van der Waals surface area contributed by atoms with E-state index in [0.29, 0.717) is 24.3 Å². The maximum atomic E-state index is 11.0. The van der Waals surface area contributed by atoms with Crippen LogP contribution in [0, 0.1) is 18.3 Å². The predicted octanol–water partition coefficient (Wildman–Crippen LogP) is 1.77. The second-order valence-corrected chi connectivity index (χ2v) is 3.96. The molecule has 5 heteroatoms. The van der Waals surface area contributed by atoms with Crippen molar-refractivity contribution >= 4 is 11.7 Å². The molecule has 1 aromatic carbocycles. The summed E-state index contributed by atoms with van der Waals surface area (Å²) in [6.07, 6.45) is 0.380. The number of rotatable bonds is 6. The van der Waals surface area contributed by atoms with Gasteiger partial charge in [-0.1, -0.05) is 0 Å². The summed E-state index contributed by atoms with van der Waals surface area (Å²) in [5.74, 6) is -0.922. The first-order valence-corrected chi connectivity index (χ1v) is 5.57. The van der Waals surface area contributed by atoms with E-state index < -0.39 is 12.0 Å². The molecule has 0 saturated heterocycles. The Bertz CT molecular complexity index is 466. The normalized spacial score (nSPS) is 11.6. The molecule has 0 aliphatic carbocycles. The third-order valence-corrected chi connectivity index (χ3v) is 2.60. The van der Waals surface area contributed by atoms with Crippen molar-refractivity contribution in [3.63, 3.8) is 0 Å². The van der Waals surface area contributed by atoms with Gasteiger partial charge in [0.25, 0.3) is 0 Å². The minimum atomic E-state index is -0.922. The van der Waals surface area contributed by atoms with Crippen LogP contribution in [0.25, 0.3) is 0 Å². The Morgan fingerprint density at radius 3 is 2.83 bits per heavy atom. The monoisotopic (exact) mass is 248 g/mol. The van der Waals surface area contributed by atoms with Gasteiger partial charge in [-0.25, -0.2) is 4.79 Å². The van der Waals surface area contributed by atoms with E-state index in [1.165, 1.54) is 7.11 Å². The summed E-state index contributed by atoms with van der Waals surface area (Å²) in [7, 11) is 1.53. The highest BCUT2D eigenvalue weighted by Crippen LogP contribution is 2.16. The Kier molecular flexibility index (Phi) is 5.15. The number of aryl methyl sites for hydroxylation is 1. The molecule has 1 unspecified atom stereocenters. The number of benzene rings is 1. The molecule has 0 fully saturated rings. The Morgan fingerprint density at radius 2 is 2.33 bits per heavy atom. The van der Waals surface area contributed by atoms with E-state index in [-0.39, 0.29) is 0 Å². The number of carboxylic acid groups (broad SMARTS) is 1. The molecule has 0 saturated carbocycles. The van der Waals surface area contributed by atoms with Crippen molar-refractivity contribution in [1.29, 1.82) is 5.26 Å². The fourth-order valence-corrected chi connectivity index (χ4v) is 1.57. The van der Waals surface area contributed by atoms with Crippen molar-refractivity contribution < 1.29 is 14.6 Å². The Morgan fingerprint density at radius 1 is 1.61 bits per heavy atom. The van der Waals surface area contributed by atoms with Gasteiger partial charge in [0, 0.05) is 25.8 Å². The summed E-state index contributed by atoms with van der Waals surface area (Å²) in [5, 5.41) is 20.8. The van der Waals surface area contributed by atoms with Gasteiger partial charge in [-0.2, -0.15) is 5.26 Å². The quantitative estimate of drug-likeness (QED) is 0.801. The molecule has 0 aromatic heterocycles. The van der Waals surface area contributed by atoms with E-state index in [1.807, 2.05) is 6.92 Å². The van der Waals surface area contributed by atoms with Crippen LogP contribution in [0.1, 0.15) is 17.5 Å². The minimum Gasteiger partial charge on any atom is -0.480 e. The second-order valence-electron chi connectivity index (χ2n) is 3.96. The van der Waals surface area contributed by atoms with E-state index in [9.17, 15) is 4.79 Å². The van der Waals surface area contributed by atoms with Gasteiger partial charge in [-0.05, 0) is 30.7 Å². The first-order valence-electron chi connectivity index (χ1n) is 5.57. The molecule has 1 rings (SSSR count). The molecule has 0 bridgehead atoms. The van der Waals surface area contributed by atoms with Crippen molar-refractivity contribution in [1.82, 2.24) is 0 Å². The molecule has 96 valence electrons. The third-order valence-electron chi connectivity index (χ3n) is 2.60. The van der Waals surface area contributed by atoms with Gasteiger partial charge >= 0.3 is 5.97 Å². The second kappa shape index (κ2) is 6.62. The SMILES string of the molecule is COCCC(Nc1ccc(C#N)c(C)c1)C(=O)O. The fourth-order valence-electron chi connectivity index (χ4n) is 1.57. The largest absolute Gasteiger partial charge is 0.480 e. The van der Waals surface area contributed by atoms with Crippen molar-refractivity contribution in [2.24, 2.45) is 0 Å². The minimum absolute atomic E-state index is 0.374. The van der Waals surface area contributed by atoms with Crippen molar-refractivity contribution in [3.8, 4) is 6.07 Å². The number of aliphatic carboxylic acids is 1. The van der Waals surface area contributed by atoms with Crippen LogP contribution in [-0.4, -0.2) is 30.8 Å². The number of anilines is 1. The summed E-state index contributed by atoms with van der Waals surface area (Å²) in [4.78, 5) is 11.0. The Labute approximate surface area is 106 Å². The number of hydrogen-bond donors (Lipinski definition) is 2. The van der Waals surface area contributed by atoms with Gasteiger partial charge in [-0.3, -0.25) is 0 Å². The summed E-state index contributed by atoms with van der Waals surface area (Å²) in [6.45, 7) is 2.19. The first-order chi connectivity index (χ1) is 8.58. The molecule has 5 nitrogen and oxygen atoms in total. The molecule has 1 aromatic rings. The number of ether oxygens (including phenoxy) is 1. The van der Waals surface area contributed by atoms with Gasteiger partial charge in [0.15, 0.2) is 0 Å². The Balaban J connectivity index is 2.78. The molecule has 0 aliphatic rings. The van der Waals surface area contributed by atoms with E-state index in [4.69, 9.17) is 15.1 Å². The van der Waals surface area contributed by atoms with Crippen LogP contribution in [-0.2, 0) is 9.53 Å². The molecule has 0 amide bonds. The lowest BCUT2D eigenvalue weighted by Gasteiger charge is -2.15. The Hall–Kier alpha value is -2.06. The summed E-state index contributed by atoms with van der Waals surface area (Å²) in [6, 6.07) is 6.51. The molecule has 0 aliphatic heterocycles. The topological polar surface area (TPSA) is 82.3 Å². The zero-order valence-electron chi connectivity index (χ0n) is 10.4. The summed E-state index contributed by atoms with van der Waals surface area (Å²) >= 11 is 0. The number of carbonyl (C=O) groups is 1. The van der Waals surface area contributed by atoms with Crippen molar-refractivity contribution in [2.75, 3.05) is 19.0 Å². The molecular formula is C13H16N2O3. The van der Waals surface area contributed by atoms with Gasteiger partial charge in [0.1, 0.15) is 6.04 Å². The number of methoxy groups -OCH3 is 1.